The van der Waals surface area contributed by atoms with Gasteiger partial charge in [0.05, 0.1) is 13.2 Å². The SMILES string of the molecule is Cc1ccccc1COc1ccc(Cl)cc1CNCCN1CCOCC1. The molecule has 26 heavy (non-hydrogen) atoms. The van der Waals surface area contributed by atoms with Crippen molar-refractivity contribution in [2.75, 3.05) is 39.4 Å². The summed E-state index contributed by atoms with van der Waals surface area (Å²) in [6, 6.07) is 14.1. The Hall–Kier alpha value is -1.59. The van der Waals surface area contributed by atoms with Gasteiger partial charge in [-0.05, 0) is 36.2 Å². The van der Waals surface area contributed by atoms with Crippen LogP contribution in [0.15, 0.2) is 42.5 Å². The summed E-state index contributed by atoms with van der Waals surface area (Å²) in [5.74, 6) is 0.886. The molecule has 0 unspecified atom stereocenters. The lowest BCUT2D eigenvalue weighted by Gasteiger charge is -2.26. The summed E-state index contributed by atoms with van der Waals surface area (Å²) in [4.78, 5) is 2.42. The van der Waals surface area contributed by atoms with Gasteiger partial charge in [-0.3, -0.25) is 4.90 Å². The molecule has 0 aliphatic carbocycles. The van der Waals surface area contributed by atoms with Crippen molar-refractivity contribution < 1.29 is 9.47 Å². The number of rotatable bonds is 8. The predicted molar refractivity (Wildman–Crippen MR) is 106 cm³/mol. The highest BCUT2D eigenvalue weighted by molar-refractivity contribution is 6.30. The number of nitrogens with one attached hydrogen (secondary N) is 1. The summed E-state index contributed by atoms with van der Waals surface area (Å²) in [5, 5.41) is 4.24. The molecule has 3 rings (SSSR count). The van der Waals surface area contributed by atoms with E-state index in [9.17, 15) is 0 Å². The van der Waals surface area contributed by atoms with Gasteiger partial charge >= 0.3 is 0 Å². The number of aryl methyl sites for hydroxylation is 1. The number of hydrogen-bond acceptors (Lipinski definition) is 4. The van der Waals surface area contributed by atoms with Crippen molar-refractivity contribution in [2.24, 2.45) is 0 Å². The van der Waals surface area contributed by atoms with Gasteiger partial charge in [0.1, 0.15) is 12.4 Å². The molecule has 0 saturated carbocycles. The van der Waals surface area contributed by atoms with Crippen LogP contribution in [-0.2, 0) is 17.9 Å². The van der Waals surface area contributed by atoms with Crippen LogP contribution in [-0.4, -0.2) is 44.3 Å². The van der Waals surface area contributed by atoms with Gasteiger partial charge in [-0.15, -0.1) is 0 Å². The van der Waals surface area contributed by atoms with Gasteiger partial charge in [0.2, 0.25) is 0 Å². The van der Waals surface area contributed by atoms with Crippen LogP contribution in [0, 0.1) is 6.92 Å². The third kappa shape index (κ3) is 5.71. The summed E-state index contributed by atoms with van der Waals surface area (Å²) < 4.78 is 11.5. The Morgan fingerprint density at radius 2 is 1.92 bits per heavy atom. The molecule has 1 saturated heterocycles. The topological polar surface area (TPSA) is 33.7 Å². The fourth-order valence-electron chi connectivity index (χ4n) is 3.04. The quantitative estimate of drug-likeness (QED) is 0.715. The molecule has 0 amide bonds. The van der Waals surface area contributed by atoms with Gasteiger partial charge in [0.25, 0.3) is 0 Å². The lowest BCUT2D eigenvalue weighted by Crippen LogP contribution is -2.40. The third-order valence-corrected chi connectivity index (χ3v) is 4.93. The Morgan fingerprint density at radius 1 is 1.12 bits per heavy atom. The average molecular weight is 375 g/mol. The van der Waals surface area contributed by atoms with Gasteiger partial charge in [0.15, 0.2) is 0 Å². The van der Waals surface area contributed by atoms with Crippen LogP contribution in [0.25, 0.3) is 0 Å². The molecular weight excluding hydrogens is 348 g/mol. The molecule has 1 fully saturated rings. The van der Waals surface area contributed by atoms with Gasteiger partial charge in [-0.25, -0.2) is 0 Å². The van der Waals surface area contributed by atoms with Gasteiger partial charge in [-0.2, -0.15) is 0 Å². The fraction of sp³-hybridized carbons (Fsp3) is 0.429. The zero-order chi connectivity index (χ0) is 18.2. The summed E-state index contributed by atoms with van der Waals surface area (Å²) in [6.07, 6.45) is 0. The standard InChI is InChI=1S/C21H27ClN2O2/c1-17-4-2-3-5-18(17)16-26-21-7-6-20(22)14-19(21)15-23-8-9-24-10-12-25-13-11-24/h2-7,14,23H,8-13,15-16H2,1H3. The number of nitrogens with zero attached hydrogens (tertiary/aromatic N) is 1. The Kier molecular flexibility index (Phi) is 7.32. The maximum atomic E-state index is 6.19. The van der Waals surface area contributed by atoms with E-state index in [0.29, 0.717) is 6.61 Å². The zero-order valence-corrected chi connectivity index (χ0v) is 16.1. The molecule has 1 aliphatic rings. The summed E-state index contributed by atoms with van der Waals surface area (Å²) >= 11 is 6.19. The second-order valence-corrected chi connectivity index (χ2v) is 7.03. The van der Waals surface area contributed by atoms with Crippen LogP contribution < -0.4 is 10.1 Å². The van der Waals surface area contributed by atoms with Crippen molar-refractivity contribution in [1.29, 1.82) is 0 Å². The van der Waals surface area contributed by atoms with E-state index in [1.54, 1.807) is 0 Å². The number of ether oxygens (including phenoxy) is 2. The lowest BCUT2D eigenvalue weighted by atomic mass is 10.1. The van der Waals surface area contributed by atoms with E-state index in [1.165, 1.54) is 11.1 Å². The van der Waals surface area contributed by atoms with E-state index < -0.39 is 0 Å². The summed E-state index contributed by atoms with van der Waals surface area (Å²) in [5.41, 5.74) is 3.54. The van der Waals surface area contributed by atoms with Gasteiger partial charge < -0.3 is 14.8 Å². The van der Waals surface area contributed by atoms with Crippen molar-refractivity contribution in [3.05, 3.63) is 64.2 Å². The molecule has 0 atom stereocenters. The van der Waals surface area contributed by atoms with Crippen LogP contribution >= 0.6 is 11.6 Å². The molecule has 1 aliphatic heterocycles. The molecule has 0 bridgehead atoms. The highest BCUT2D eigenvalue weighted by atomic mass is 35.5. The minimum Gasteiger partial charge on any atom is -0.489 e. The number of benzene rings is 2. The fourth-order valence-corrected chi connectivity index (χ4v) is 3.23. The van der Waals surface area contributed by atoms with Crippen LogP contribution in [0.3, 0.4) is 0 Å². The van der Waals surface area contributed by atoms with E-state index in [-0.39, 0.29) is 0 Å². The van der Waals surface area contributed by atoms with Crippen LogP contribution in [0.5, 0.6) is 5.75 Å². The first-order chi connectivity index (χ1) is 12.7. The molecule has 4 nitrogen and oxygen atoms in total. The van der Waals surface area contributed by atoms with Crippen molar-refractivity contribution >= 4 is 11.6 Å². The molecule has 1 N–H and O–H groups in total. The molecule has 0 spiro atoms. The first-order valence-corrected chi connectivity index (χ1v) is 9.57. The van der Waals surface area contributed by atoms with Crippen molar-refractivity contribution in [3.8, 4) is 5.75 Å². The van der Waals surface area contributed by atoms with E-state index >= 15 is 0 Å². The smallest absolute Gasteiger partial charge is 0.124 e. The molecular formula is C21H27ClN2O2. The highest BCUT2D eigenvalue weighted by Gasteiger charge is 2.10. The van der Waals surface area contributed by atoms with Crippen LogP contribution in [0.4, 0.5) is 0 Å². The van der Waals surface area contributed by atoms with E-state index in [4.69, 9.17) is 21.1 Å². The number of halogens is 1. The summed E-state index contributed by atoms with van der Waals surface area (Å²) in [7, 11) is 0. The molecule has 5 heteroatoms. The molecule has 1 heterocycles. The first kappa shape index (κ1) is 19.2. The number of morpholine rings is 1. The second-order valence-electron chi connectivity index (χ2n) is 6.60. The average Bonchev–Trinajstić information content (AvgIpc) is 2.66. The maximum absolute atomic E-state index is 6.19. The minimum absolute atomic E-state index is 0.565. The van der Waals surface area contributed by atoms with E-state index in [1.807, 2.05) is 30.3 Å². The zero-order valence-electron chi connectivity index (χ0n) is 15.3. The third-order valence-electron chi connectivity index (χ3n) is 4.69. The largest absolute Gasteiger partial charge is 0.489 e. The van der Waals surface area contributed by atoms with Crippen LogP contribution in [0.2, 0.25) is 5.02 Å². The van der Waals surface area contributed by atoms with E-state index in [2.05, 4.69) is 29.3 Å². The minimum atomic E-state index is 0.565. The van der Waals surface area contributed by atoms with Gasteiger partial charge in [0, 0.05) is 43.3 Å². The molecule has 0 radical (unpaired) electrons. The highest BCUT2D eigenvalue weighted by Crippen LogP contribution is 2.24. The summed E-state index contributed by atoms with van der Waals surface area (Å²) in [6.45, 7) is 9.09. The Morgan fingerprint density at radius 3 is 2.73 bits per heavy atom. The molecule has 140 valence electrons. The van der Waals surface area contributed by atoms with Crippen molar-refractivity contribution in [1.82, 2.24) is 10.2 Å². The molecule has 0 aromatic heterocycles. The Balaban J connectivity index is 1.52. The molecule has 2 aromatic carbocycles. The van der Waals surface area contributed by atoms with Gasteiger partial charge in [-0.1, -0.05) is 35.9 Å². The molecule has 2 aromatic rings. The predicted octanol–water partition coefficient (Wildman–Crippen LogP) is 3.65. The number of hydrogen-bond donors (Lipinski definition) is 1. The van der Waals surface area contributed by atoms with Crippen LogP contribution in [0.1, 0.15) is 16.7 Å². The maximum Gasteiger partial charge on any atom is 0.124 e. The second kappa shape index (κ2) is 9.93. The lowest BCUT2D eigenvalue weighted by molar-refractivity contribution is 0.0384. The Labute approximate surface area is 161 Å². The van der Waals surface area contributed by atoms with Crippen molar-refractivity contribution in [3.63, 3.8) is 0 Å². The van der Waals surface area contributed by atoms with E-state index in [0.717, 1.165) is 62.3 Å². The van der Waals surface area contributed by atoms with Crippen molar-refractivity contribution in [2.45, 2.75) is 20.1 Å². The normalized spacial score (nSPS) is 15.2. The first-order valence-electron chi connectivity index (χ1n) is 9.19. The monoisotopic (exact) mass is 374 g/mol. The Bertz CT molecular complexity index is 702.